The van der Waals surface area contributed by atoms with Crippen LogP contribution in [0.4, 0.5) is 0 Å². The molecule has 0 saturated carbocycles. The van der Waals surface area contributed by atoms with Gasteiger partial charge in [0.05, 0.1) is 30.1 Å². The standard InChI is InChI=1S/C27H34N4O2/c1-27(2,3)26(32)30-25(24-9-5-6-14-28-24)20-8-7-15-31(17-20)18-21-11-10-19-16-22(33-4)12-13-23(19)29-21/h5-6,9-14,16,20,25H,7-8,15,17-18H2,1-4H3,(H,30,32)/t20-,25+/m1/s1. The number of likely N-dealkylation sites (tertiary alicyclic amines) is 1. The van der Waals surface area contributed by atoms with Crippen LogP contribution in [0.2, 0.25) is 0 Å². The second-order valence-corrected chi connectivity index (χ2v) is 9.95. The molecule has 3 aromatic rings. The summed E-state index contributed by atoms with van der Waals surface area (Å²) in [5, 5.41) is 4.39. The first-order valence-electron chi connectivity index (χ1n) is 11.7. The van der Waals surface area contributed by atoms with Gasteiger partial charge in [0, 0.05) is 30.1 Å². The van der Waals surface area contributed by atoms with E-state index in [1.54, 1.807) is 13.3 Å². The Bertz CT molecular complexity index is 1090. The number of piperidine rings is 1. The molecule has 4 rings (SSSR count). The molecule has 2 aromatic heterocycles. The highest BCUT2D eigenvalue weighted by molar-refractivity contribution is 5.82. The van der Waals surface area contributed by atoms with Gasteiger partial charge in [0.15, 0.2) is 0 Å². The molecule has 0 spiro atoms. The molecule has 1 saturated heterocycles. The Morgan fingerprint density at radius 1 is 1.21 bits per heavy atom. The van der Waals surface area contributed by atoms with Gasteiger partial charge in [-0.25, -0.2) is 0 Å². The molecular weight excluding hydrogens is 412 g/mol. The van der Waals surface area contributed by atoms with Crippen molar-refractivity contribution in [3.05, 3.63) is 66.1 Å². The monoisotopic (exact) mass is 446 g/mol. The molecule has 1 fully saturated rings. The smallest absolute Gasteiger partial charge is 0.225 e. The summed E-state index contributed by atoms with van der Waals surface area (Å²) in [7, 11) is 1.68. The van der Waals surface area contributed by atoms with Crippen molar-refractivity contribution in [1.82, 2.24) is 20.2 Å². The summed E-state index contributed by atoms with van der Waals surface area (Å²) in [6.45, 7) is 8.57. The number of benzene rings is 1. The normalized spacial score (nSPS) is 18.1. The zero-order chi connectivity index (χ0) is 23.4. The third-order valence-electron chi connectivity index (χ3n) is 6.33. The summed E-state index contributed by atoms with van der Waals surface area (Å²) in [5.41, 5.74) is 2.52. The van der Waals surface area contributed by atoms with Gasteiger partial charge in [-0.05, 0) is 61.7 Å². The van der Waals surface area contributed by atoms with E-state index in [0.717, 1.165) is 60.5 Å². The minimum Gasteiger partial charge on any atom is -0.497 e. The third kappa shape index (κ3) is 5.69. The molecule has 1 aliphatic heterocycles. The minimum absolute atomic E-state index is 0.0573. The highest BCUT2D eigenvalue weighted by Crippen LogP contribution is 2.31. The SMILES string of the molecule is COc1ccc2nc(CN3CCC[C@@H]([C@H](NC(=O)C(C)(C)C)c4ccccn4)C3)ccc2c1. The van der Waals surface area contributed by atoms with Gasteiger partial charge in [-0.1, -0.05) is 32.9 Å². The van der Waals surface area contributed by atoms with E-state index in [0.29, 0.717) is 5.92 Å². The number of hydrogen-bond acceptors (Lipinski definition) is 5. The number of pyridine rings is 2. The topological polar surface area (TPSA) is 67.3 Å². The van der Waals surface area contributed by atoms with Gasteiger partial charge in [-0.15, -0.1) is 0 Å². The molecule has 0 bridgehead atoms. The van der Waals surface area contributed by atoms with Crippen LogP contribution in [0.25, 0.3) is 10.9 Å². The maximum absolute atomic E-state index is 12.9. The molecule has 2 atom stereocenters. The molecule has 1 N–H and O–H groups in total. The van der Waals surface area contributed by atoms with E-state index in [4.69, 9.17) is 9.72 Å². The van der Waals surface area contributed by atoms with E-state index in [1.807, 2.05) is 57.2 Å². The number of carbonyl (C=O) groups is 1. The van der Waals surface area contributed by atoms with Crippen molar-refractivity contribution in [3.63, 3.8) is 0 Å². The molecule has 33 heavy (non-hydrogen) atoms. The summed E-state index contributed by atoms with van der Waals surface area (Å²) in [6, 6.07) is 16.0. The predicted molar refractivity (Wildman–Crippen MR) is 131 cm³/mol. The average Bonchev–Trinajstić information content (AvgIpc) is 2.82. The average molecular weight is 447 g/mol. The molecular formula is C27H34N4O2. The van der Waals surface area contributed by atoms with Crippen LogP contribution in [-0.4, -0.2) is 41.0 Å². The van der Waals surface area contributed by atoms with E-state index in [-0.39, 0.29) is 11.9 Å². The maximum Gasteiger partial charge on any atom is 0.225 e. The Kier molecular flexibility index (Phi) is 6.94. The number of amides is 1. The Labute approximate surface area is 196 Å². The van der Waals surface area contributed by atoms with E-state index in [9.17, 15) is 4.79 Å². The van der Waals surface area contributed by atoms with E-state index < -0.39 is 5.41 Å². The summed E-state index contributed by atoms with van der Waals surface area (Å²) in [5.74, 6) is 1.19. The van der Waals surface area contributed by atoms with Crippen LogP contribution in [0.3, 0.4) is 0 Å². The Morgan fingerprint density at radius 3 is 2.79 bits per heavy atom. The number of nitrogens with zero attached hydrogens (tertiary/aromatic N) is 3. The Hall–Kier alpha value is -2.99. The summed E-state index contributed by atoms with van der Waals surface area (Å²) in [6.07, 6.45) is 3.96. The minimum atomic E-state index is -0.445. The summed E-state index contributed by atoms with van der Waals surface area (Å²) in [4.78, 5) is 24.8. The number of nitrogens with one attached hydrogen (secondary N) is 1. The van der Waals surface area contributed by atoms with Crippen LogP contribution in [0.15, 0.2) is 54.7 Å². The molecule has 1 aliphatic rings. The molecule has 3 heterocycles. The van der Waals surface area contributed by atoms with Crippen molar-refractivity contribution >= 4 is 16.8 Å². The fourth-order valence-electron chi connectivity index (χ4n) is 4.45. The lowest BCUT2D eigenvalue weighted by molar-refractivity contribution is -0.130. The van der Waals surface area contributed by atoms with Crippen molar-refractivity contribution in [2.45, 2.75) is 46.2 Å². The number of methoxy groups -OCH3 is 1. The zero-order valence-electron chi connectivity index (χ0n) is 20.0. The number of aromatic nitrogens is 2. The van der Waals surface area contributed by atoms with Gasteiger partial charge in [0.25, 0.3) is 0 Å². The molecule has 1 amide bonds. The fraction of sp³-hybridized carbons (Fsp3) is 0.444. The molecule has 0 unspecified atom stereocenters. The Balaban J connectivity index is 1.50. The lowest BCUT2D eigenvalue weighted by Crippen LogP contribution is -2.45. The second kappa shape index (κ2) is 9.87. The zero-order valence-corrected chi connectivity index (χ0v) is 20.0. The number of ether oxygens (including phenoxy) is 1. The van der Waals surface area contributed by atoms with Crippen LogP contribution in [-0.2, 0) is 11.3 Å². The van der Waals surface area contributed by atoms with Crippen molar-refractivity contribution in [2.24, 2.45) is 11.3 Å². The highest BCUT2D eigenvalue weighted by Gasteiger charge is 2.33. The van der Waals surface area contributed by atoms with Crippen LogP contribution < -0.4 is 10.1 Å². The second-order valence-electron chi connectivity index (χ2n) is 9.95. The van der Waals surface area contributed by atoms with Crippen molar-refractivity contribution in [2.75, 3.05) is 20.2 Å². The number of rotatable bonds is 6. The molecule has 0 aliphatic carbocycles. The number of carbonyl (C=O) groups excluding carboxylic acids is 1. The van der Waals surface area contributed by atoms with Crippen LogP contribution in [0.1, 0.15) is 51.0 Å². The van der Waals surface area contributed by atoms with Gasteiger partial charge in [0.1, 0.15) is 5.75 Å². The van der Waals surface area contributed by atoms with Gasteiger partial charge in [0.2, 0.25) is 5.91 Å². The summed E-state index contributed by atoms with van der Waals surface area (Å²) < 4.78 is 5.32. The van der Waals surface area contributed by atoms with Crippen molar-refractivity contribution in [1.29, 1.82) is 0 Å². The predicted octanol–water partition coefficient (Wildman–Crippen LogP) is 4.75. The quantitative estimate of drug-likeness (QED) is 0.592. The lowest BCUT2D eigenvalue weighted by Gasteiger charge is -2.37. The molecule has 0 radical (unpaired) electrons. The van der Waals surface area contributed by atoms with Crippen molar-refractivity contribution < 1.29 is 9.53 Å². The number of hydrogen-bond donors (Lipinski definition) is 1. The third-order valence-corrected chi connectivity index (χ3v) is 6.33. The van der Waals surface area contributed by atoms with E-state index in [1.165, 1.54) is 0 Å². The highest BCUT2D eigenvalue weighted by atomic mass is 16.5. The molecule has 1 aromatic carbocycles. The van der Waals surface area contributed by atoms with Gasteiger partial charge >= 0.3 is 0 Å². The van der Waals surface area contributed by atoms with E-state index >= 15 is 0 Å². The van der Waals surface area contributed by atoms with Crippen molar-refractivity contribution in [3.8, 4) is 5.75 Å². The van der Waals surface area contributed by atoms with E-state index in [2.05, 4.69) is 27.3 Å². The van der Waals surface area contributed by atoms with Crippen LogP contribution in [0, 0.1) is 11.3 Å². The molecule has 6 nitrogen and oxygen atoms in total. The first-order chi connectivity index (χ1) is 15.8. The van der Waals surface area contributed by atoms with Gasteiger partial charge < -0.3 is 10.1 Å². The first kappa shape index (κ1) is 23.2. The largest absolute Gasteiger partial charge is 0.497 e. The first-order valence-corrected chi connectivity index (χ1v) is 11.7. The lowest BCUT2D eigenvalue weighted by atomic mass is 9.86. The van der Waals surface area contributed by atoms with Crippen LogP contribution >= 0.6 is 0 Å². The maximum atomic E-state index is 12.9. The van der Waals surface area contributed by atoms with Crippen LogP contribution in [0.5, 0.6) is 5.75 Å². The Morgan fingerprint density at radius 2 is 2.06 bits per heavy atom. The fourth-order valence-corrected chi connectivity index (χ4v) is 4.45. The molecule has 174 valence electrons. The van der Waals surface area contributed by atoms with Gasteiger partial charge in [-0.2, -0.15) is 0 Å². The molecule has 6 heteroatoms. The number of fused-ring (bicyclic) bond motifs is 1. The summed E-state index contributed by atoms with van der Waals surface area (Å²) >= 11 is 0. The van der Waals surface area contributed by atoms with Gasteiger partial charge in [-0.3, -0.25) is 19.7 Å².